The fraction of sp³-hybridized carbons (Fsp3) is 0.917. The highest BCUT2D eigenvalue weighted by molar-refractivity contribution is 5.70. The molecule has 0 aliphatic heterocycles. The molecule has 2 nitrogen and oxygen atoms in total. The van der Waals surface area contributed by atoms with E-state index in [2.05, 4.69) is 61.5 Å². The van der Waals surface area contributed by atoms with Gasteiger partial charge in [-0.05, 0) is 127 Å². The Hall–Kier alpha value is -0.790. The maximum absolute atomic E-state index is 11.7. The van der Waals surface area contributed by atoms with Crippen molar-refractivity contribution in [3.05, 3.63) is 11.6 Å². The second kappa shape index (κ2) is 9.65. The van der Waals surface area contributed by atoms with Gasteiger partial charge in [0, 0.05) is 0 Å². The van der Waals surface area contributed by atoms with Crippen LogP contribution >= 0.6 is 0 Å². The summed E-state index contributed by atoms with van der Waals surface area (Å²) in [7, 11) is 0. The molecule has 7 unspecified atom stereocenters. The lowest BCUT2D eigenvalue weighted by atomic mass is 9.32. The zero-order valence-electron chi connectivity index (χ0n) is 26.3. The number of fused-ring (bicyclic) bond motifs is 5. The van der Waals surface area contributed by atoms with Crippen molar-refractivity contribution in [3.8, 4) is 0 Å². The van der Waals surface area contributed by atoms with Crippen LogP contribution in [-0.2, 0) is 4.79 Å². The molecule has 0 saturated heterocycles. The molecule has 1 N–H and O–H groups in total. The second-order valence-corrected chi connectivity index (χ2v) is 17.0. The molecular weight excluding hydrogens is 464 g/mol. The van der Waals surface area contributed by atoms with Gasteiger partial charge in [0.1, 0.15) is 0 Å². The highest BCUT2D eigenvalue weighted by atomic mass is 16.4. The summed E-state index contributed by atoms with van der Waals surface area (Å²) in [5.74, 6) is 3.22. The molecule has 4 saturated carbocycles. The Bertz CT molecular complexity index is 943. The summed E-state index contributed by atoms with van der Waals surface area (Å²) in [6, 6.07) is 0. The highest BCUT2D eigenvalue weighted by Crippen LogP contribution is 2.75. The summed E-state index contributed by atoms with van der Waals surface area (Å²) in [4.78, 5) is 11.7. The molecule has 5 aliphatic carbocycles. The maximum Gasteiger partial charge on any atom is 0.306 e. The van der Waals surface area contributed by atoms with Gasteiger partial charge in [0.15, 0.2) is 0 Å². The van der Waals surface area contributed by atoms with Crippen LogP contribution in [0.25, 0.3) is 0 Å². The van der Waals surface area contributed by atoms with Crippen LogP contribution in [0.15, 0.2) is 11.6 Å². The number of hydrogen-bond acceptors (Lipinski definition) is 1. The minimum Gasteiger partial charge on any atom is -0.481 e. The number of hydrogen-bond donors (Lipinski definition) is 1. The van der Waals surface area contributed by atoms with E-state index in [1.807, 2.05) is 0 Å². The van der Waals surface area contributed by atoms with Crippen LogP contribution in [0, 0.1) is 62.6 Å². The number of allylic oxidation sites excluding steroid dienone is 2. The quantitative estimate of drug-likeness (QED) is 0.363. The first-order valence-electron chi connectivity index (χ1n) is 16.6. The molecule has 5 aliphatic rings. The Morgan fingerprint density at radius 1 is 0.895 bits per heavy atom. The first-order chi connectivity index (χ1) is 17.7. The molecule has 9 atom stereocenters. The smallest absolute Gasteiger partial charge is 0.306 e. The van der Waals surface area contributed by atoms with Crippen LogP contribution in [0.1, 0.15) is 145 Å². The van der Waals surface area contributed by atoms with E-state index in [0.717, 1.165) is 49.4 Å². The Balaban J connectivity index is 1.42. The van der Waals surface area contributed by atoms with E-state index in [0.29, 0.717) is 27.6 Å². The maximum atomic E-state index is 11.7. The third-order valence-corrected chi connectivity index (χ3v) is 14.7. The second-order valence-electron chi connectivity index (χ2n) is 17.0. The van der Waals surface area contributed by atoms with Gasteiger partial charge in [0.05, 0.1) is 5.92 Å². The topological polar surface area (TPSA) is 37.3 Å². The summed E-state index contributed by atoms with van der Waals surface area (Å²) in [5.41, 5.74) is 3.69. The molecule has 216 valence electrons. The van der Waals surface area contributed by atoms with Crippen LogP contribution in [0.3, 0.4) is 0 Å². The normalized spacial score (nSPS) is 47.7. The van der Waals surface area contributed by atoms with Crippen molar-refractivity contribution in [2.45, 2.75) is 145 Å². The molecule has 0 aromatic rings. The van der Waals surface area contributed by atoms with Gasteiger partial charge in [0.2, 0.25) is 0 Å². The van der Waals surface area contributed by atoms with Crippen LogP contribution < -0.4 is 0 Å². The monoisotopic (exact) mass is 524 g/mol. The zero-order chi connectivity index (χ0) is 27.7. The van der Waals surface area contributed by atoms with Gasteiger partial charge in [-0.2, -0.15) is 0 Å². The van der Waals surface area contributed by atoms with Crippen molar-refractivity contribution in [2.75, 3.05) is 0 Å². The molecular formula is C36H60O2. The molecule has 4 fully saturated rings. The Labute approximate surface area is 235 Å². The highest BCUT2D eigenvalue weighted by Gasteiger charge is 2.68. The molecule has 0 aromatic carbocycles. The third kappa shape index (κ3) is 4.19. The van der Waals surface area contributed by atoms with E-state index in [1.54, 1.807) is 5.57 Å². The van der Waals surface area contributed by atoms with E-state index in [-0.39, 0.29) is 11.3 Å². The lowest BCUT2D eigenvalue weighted by Crippen LogP contribution is -2.65. The van der Waals surface area contributed by atoms with Crippen molar-refractivity contribution < 1.29 is 9.90 Å². The van der Waals surface area contributed by atoms with Gasteiger partial charge in [-0.1, -0.05) is 86.3 Å². The van der Waals surface area contributed by atoms with Crippen LogP contribution in [0.5, 0.6) is 0 Å². The van der Waals surface area contributed by atoms with Gasteiger partial charge in [-0.25, -0.2) is 0 Å². The molecule has 0 amide bonds. The zero-order valence-corrected chi connectivity index (χ0v) is 26.3. The van der Waals surface area contributed by atoms with Crippen LogP contribution in [0.4, 0.5) is 0 Å². The molecule has 0 spiro atoms. The van der Waals surface area contributed by atoms with E-state index < -0.39 is 5.97 Å². The summed E-state index contributed by atoms with van der Waals surface area (Å²) in [6.45, 7) is 20.9. The van der Waals surface area contributed by atoms with Gasteiger partial charge in [0.25, 0.3) is 0 Å². The molecule has 0 bridgehead atoms. The summed E-state index contributed by atoms with van der Waals surface area (Å²) >= 11 is 0. The van der Waals surface area contributed by atoms with Gasteiger partial charge < -0.3 is 5.11 Å². The average Bonchev–Trinajstić information content (AvgIpc) is 2.84. The predicted octanol–water partition coefficient (Wildman–Crippen LogP) is 10.3. The fourth-order valence-corrected chi connectivity index (χ4v) is 12.3. The fourth-order valence-electron chi connectivity index (χ4n) is 12.3. The van der Waals surface area contributed by atoms with Gasteiger partial charge in [-0.3, -0.25) is 4.79 Å². The first kappa shape index (κ1) is 28.7. The largest absolute Gasteiger partial charge is 0.481 e. The van der Waals surface area contributed by atoms with E-state index >= 15 is 0 Å². The lowest BCUT2D eigenvalue weighted by molar-refractivity contribution is -0.225. The van der Waals surface area contributed by atoms with Crippen molar-refractivity contribution in [3.63, 3.8) is 0 Å². The number of carboxylic acid groups (broad SMARTS) is 1. The molecule has 2 heteroatoms. The Morgan fingerprint density at radius 3 is 2.32 bits per heavy atom. The average molecular weight is 525 g/mol. The molecule has 0 heterocycles. The predicted molar refractivity (Wildman–Crippen MR) is 159 cm³/mol. The molecule has 0 aromatic heterocycles. The number of rotatable bonds is 5. The van der Waals surface area contributed by atoms with Crippen LogP contribution in [-0.4, -0.2) is 11.1 Å². The minimum atomic E-state index is -0.568. The number of carboxylic acids is 1. The third-order valence-electron chi connectivity index (χ3n) is 14.7. The Kier molecular flexibility index (Phi) is 7.29. The summed E-state index contributed by atoms with van der Waals surface area (Å²) < 4.78 is 0. The van der Waals surface area contributed by atoms with Crippen molar-refractivity contribution in [1.29, 1.82) is 0 Å². The number of aliphatic carboxylic acids is 1. The van der Waals surface area contributed by atoms with E-state index in [1.165, 1.54) is 64.2 Å². The van der Waals surface area contributed by atoms with Crippen molar-refractivity contribution >= 4 is 5.97 Å². The van der Waals surface area contributed by atoms with Gasteiger partial charge in [-0.15, -0.1) is 0 Å². The van der Waals surface area contributed by atoms with Crippen LogP contribution in [0.2, 0.25) is 0 Å². The molecule has 0 radical (unpaired) electrons. The van der Waals surface area contributed by atoms with Gasteiger partial charge >= 0.3 is 5.97 Å². The SMILES string of the molecule is CCC[C@@H]1C2CCC3C4(C)CC=C(CC5CCCC(C(=O)O)C5)C(C)(C)C4CCC3(C)[C@]2(C)CCC1(C)C. The van der Waals surface area contributed by atoms with Crippen molar-refractivity contribution in [2.24, 2.45) is 62.6 Å². The summed E-state index contributed by atoms with van der Waals surface area (Å²) in [6.07, 6.45) is 20.4. The first-order valence-corrected chi connectivity index (χ1v) is 16.6. The minimum absolute atomic E-state index is 0.116. The van der Waals surface area contributed by atoms with E-state index in [9.17, 15) is 9.90 Å². The number of carbonyl (C=O) groups is 1. The van der Waals surface area contributed by atoms with E-state index in [4.69, 9.17) is 0 Å². The Morgan fingerprint density at radius 2 is 1.63 bits per heavy atom. The summed E-state index contributed by atoms with van der Waals surface area (Å²) in [5, 5.41) is 9.65. The lowest BCUT2D eigenvalue weighted by Gasteiger charge is -2.72. The van der Waals surface area contributed by atoms with Crippen molar-refractivity contribution in [1.82, 2.24) is 0 Å². The standard InChI is InChI=1S/C36H60O2/c1-9-11-27-28-14-15-30-34(6)18-16-26(23-24-12-10-13-25(22-24)31(37)38)33(4,5)29(34)17-19-36(30,8)35(28,7)21-20-32(27,2)3/h16,24-25,27-30H,9-15,17-23H2,1-8H3,(H,37,38)/t24?,25?,27-,28?,29?,30?,34?,35-,36?/m1/s1. The molecule has 38 heavy (non-hydrogen) atoms. The molecule has 5 rings (SSSR count).